The van der Waals surface area contributed by atoms with Crippen molar-refractivity contribution >= 4 is 35.7 Å². The minimum atomic E-state index is -1.42. The first-order valence-corrected chi connectivity index (χ1v) is 14.2. The maximum atomic E-state index is 13.7. The number of aliphatic carboxylic acids is 1. The Labute approximate surface area is 246 Å². The summed E-state index contributed by atoms with van der Waals surface area (Å²) in [6.45, 7) is 7.07. The molecule has 0 aromatic heterocycles. The number of guanidine groups is 1. The summed E-state index contributed by atoms with van der Waals surface area (Å²) in [5, 5.41) is 36.9. The quantitative estimate of drug-likeness (QED) is 0.0571. The second kappa shape index (κ2) is 17.3. The van der Waals surface area contributed by atoms with Gasteiger partial charge in [0.1, 0.15) is 29.8 Å². The lowest BCUT2D eigenvalue weighted by Crippen LogP contribution is -2.59. The van der Waals surface area contributed by atoms with Crippen LogP contribution in [0.1, 0.15) is 72.6 Å². The maximum Gasteiger partial charge on any atom is 0.408 e. The third kappa shape index (κ3) is 12.9. The summed E-state index contributed by atoms with van der Waals surface area (Å²) < 4.78 is 5.18. The number of hydrogen-bond acceptors (Lipinski definition) is 9. The van der Waals surface area contributed by atoms with E-state index in [1.807, 2.05) is 0 Å². The van der Waals surface area contributed by atoms with E-state index >= 15 is 0 Å². The Hall–Kier alpha value is -3.66. The number of rotatable bonds is 16. The Morgan fingerprint density at radius 2 is 1.69 bits per heavy atom. The van der Waals surface area contributed by atoms with E-state index in [1.165, 1.54) is 11.8 Å². The number of hydrogen-bond donors (Lipinski definition) is 9. The zero-order chi connectivity index (χ0) is 32.0. The minimum absolute atomic E-state index is 0.0746. The normalized spacial score (nSPS) is 17.8. The highest BCUT2D eigenvalue weighted by molar-refractivity contribution is 5.95. The predicted molar refractivity (Wildman–Crippen MR) is 153 cm³/mol. The summed E-state index contributed by atoms with van der Waals surface area (Å²) >= 11 is 0. The van der Waals surface area contributed by atoms with E-state index in [-0.39, 0.29) is 31.9 Å². The van der Waals surface area contributed by atoms with Gasteiger partial charge in [0.2, 0.25) is 17.7 Å². The van der Waals surface area contributed by atoms with Crippen molar-refractivity contribution < 1.29 is 38.9 Å². The van der Waals surface area contributed by atoms with Crippen LogP contribution in [0.25, 0.3) is 0 Å². The van der Waals surface area contributed by atoms with Crippen LogP contribution in [-0.2, 0) is 23.9 Å². The van der Waals surface area contributed by atoms with Crippen LogP contribution in [0.5, 0.6) is 0 Å². The summed E-state index contributed by atoms with van der Waals surface area (Å²) in [7, 11) is 0. The molecule has 1 saturated heterocycles. The number of carboxylic acids is 1. The van der Waals surface area contributed by atoms with Gasteiger partial charge in [-0.25, -0.2) is 9.59 Å². The average Bonchev–Trinajstić information content (AvgIpc) is 3.36. The van der Waals surface area contributed by atoms with Crippen LogP contribution in [0.3, 0.4) is 0 Å². The second-order valence-corrected chi connectivity index (χ2v) is 11.3. The van der Waals surface area contributed by atoms with E-state index in [0.29, 0.717) is 38.6 Å². The Morgan fingerprint density at radius 1 is 1.05 bits per heavy atom. The van der Waals surface area contributed by atoms with Crippen LogP contribution in [0.2, 0.25) is 0 Å². The van der Waals surface area contributed by atoms with Crippen molar-refractivity contribution in [1.82, 2.24) is 26.2 Å². The van der Waals surface area contributed by atoms with Crippen LogP contribution >= 0.6 is 0 Å². The predicted octanol–water partition coefficient (Wildman–Crippen LogP) is -1.30. The molecule has 5 atom stereocenters. The molecule has 1 fully saturated rings. The molecule has 42 heavy (non-hydrogen) atoms. The van der Waals surface area contributed by atoms with E-state index in [9.17, 15) is 34.2 Å². The number of aliphatic hydroxyl groups is 1. The summed E-state index contributed by atoms with van der Waals surface area (Å²) in [6.07, 6.45) is 0.181. The highest BCUT2D eigenvalue weighted by atomic mass is 16.6. The van der Waals surface area contributed by atoms with Gasteiger partial charge >= 0.3 is 12.1 Å². The number of likely N-dealkylation sites (tertiary alicyclic amines) is 1. The van der Waals surface area contributed by atoms with E-state index < -0.39 is 65.7 Å². The number of alkyl carbamates (subject to hydrolysis) is 1. The molecule has 0 unspecified atom stereocenters. The van der Waals surface area contributed by atoms with Crippen molar-refractivity contribution in [2.24, 2.45) is 11.5 Å². The number of carbonyl (C=O) groups is 5. The first kappa shape index (κ1) is 36.4. The molecule has 240 valence electrons. The molecule has 0 bridgehead atoms. The number of carboxylic acid groups (broad SMARTS) is 1. The molecule has 11 N–H and O–H groups in total. The maximum absolute atomic E-state index is 13.7. The Bertz CT molecular complexity index is 955. The van der Waals surface area contributed by atoms with Gasteiger partial charge in [0.05, 0.1) is 6.10 Å². The molecule has 0 aromatic rings. The fraction of sp³-hybridized carbons (Fsp3) is 0.769. The number of nitrogens with two attached hydrogens (primary N) is 2. The third-order valence-corrected chi connectivity index (χ3v) is 6.44. The van der Waals surface area contributed by atoms with Crippen LogP contribution in [0.4, 0.5) is 4.79 Å². The number of unbranched alkanes of at least 4 members (excludes halogenated alkanes) is 1. The Morgan fingerprint density at radius 3 is 2.24 bits per heavy atom. The number of ether oxygens (including phenoxy) is 1. The summed E-state index contributed by atoms with van der Waals surface area (Å²) in [6, 6.07) is -4.67. The standard InChI is InChI=1S/C26H48N8O8/c1-15(35)19(33-25(41)42-26(2,3)4)21(37)31-16(9-5-6-12-27)22(38)34-14-8-11-18(34)20(36)32-17(23(39)40)10-7-13-30-24(28)29/h15-19,35H,5-14,27H2,1-4H3,(H,31,37)(H,32,36)(H,33,41)(H,39,40)(H4,28,29,30)/t15-,16+,17+,18+,19+/m1/s1. The summed E-state index contributed by atoms with van der Waals surface area (Å²) in [5.74, 6) is -3.48. The number of carbonyl (C=O) groups excluding carboxylic acids is 4. The van der Waals surface area contributed by atoms with Gasteiger partial charge in [-0.15, -0.1) is 0 Å². The molecule has 0 spiro atoms. The molecule has 16 heteroatoms. The van der Waals surface area contributed by atoms with Crippen LogP contribution < -0.4 is 32.7 Å². The van der Waals surface area contributed by atoms with Gasteiger partial charge < -0.3 is 52.6 Å². The molecule has 0 aromatic carbocycles. The fourth-order valence-corrected chi connectivity index (χ4v) is 4.41. The Balaban J connectivity index is 3.02. The molecule has 16 nitrogen and oxygen atoms in total. The summed E-state index contributed by atoms with van der Waals surface area (Å²) in [5.41, 5.74) is 9.98. The van der Waals surface area contributed by atoms with Crippen molar-refractivity contribution in [3.63, 3.8) is 0 Å². The molecule has 1 aliphatic heterocycles. The minimum Gasteiger partial charge on any atom is -0.480 e. The zero-order valence-electron chi connectivity index (χ0n) is 24.9. The Kier molecular flexibility index (Phi) is 15.0. The molecule has 0 saturated carbocycles. The van der Waals surface area contributed by atoms with E-state index in [0.717, 1.165) is 0 Å². The third-order valence-electron chi connectivity index (χ3n) is 6.44. The molecule has 0 radical (unpaired) electrons. The van der Waals surface area contributed by atoms with Crippen molar-refractivity contribution in [3.05, 3.63) is 0 Å². The van der Waals surface area contributed by atoms with E-state index in [1.54, 1.807) is 20.8 Å². The van der Waals surface area contributed by atoms with Gasteiger partial charge in [-0.2, -0.15) is 0 Å². The topological polar surface area (TPSA) is 262 Å². The monoisotopic (exact) mass is 600 g/mol. The van der Waals surface area contributed by atoms with Crippen LogP contribution in [0.15, 0.2) is 0 Å². The molecular formula is C26H48N8O8. The van der Waals surface area contributed by atoms with Gasteiger partial charge in [-0.05, 0) is 79.2 Å². The second-order valence-electron chi connectivity index (χ2n) is 11.3. The molecule has 4 amide bonds. The number of aliphatic hydroxyl groups excluding tert-OH is 1. The SMILES string of the molecule is C[C@@H](O)[C@H](NC(=O)OC(C)(C)C)C(=O)N[C@@H](CCCCN)C(=O)N1CCC[C@H]1C(=O)N[C@@H](CCCNC(=N)N)C(=O)O. The smallest absolute Gasteiger partial charge is 0.408 e. The zero-order valence-corrected chi connectivity index (χ0v) is 24.9. The highest BCUT2D eigenvalue weighted by Crippen LogP contribution is 2.21. The lowest BCUT2D eigenvalue weighted by atomic mass is 10.0. The van der Waals surface area contributed by atoms with Crippen molar-refractivity contribution in [2.45, 2.75) is 109 Å². The number of nitrogens with one attached hydrogen (secondary N) is 5. The average molecular weight is 601 g/mol. The van der Waals surface area contributed by atoms with Gasteiger partial charge in [-0.1, -0.05) is 0 Å². The first-order valence-electron chi connectivity index (χ1n) is 14.2. The summed E-state index contributed by atoms with van der Waals surface area (Å²) in [4.78, 5) is 65.2. The number of nitrogens with zero attached hydrogens (tertiary/aromatic N) is 1. The first-order chi connectivity index (χ1) is 19.6. The lowest BCUT2D eigenvalue weighted by molar-refractivity contribution is -0.145. The van der Waals surface area contributed by atoms with Gasteiger partial charge in [0.25, 0.3) is 0 Å². The van der Waals surface area contributed by atoms with E-state index in [4.69, 9.17) is 21.6 Å². The van der Waals surface area contributed by atoms with E-state index in [2.05, 4.69) is 21.3 Å². The van der Waals surface area contributed by atoms with Crippen molar-refractivity contribution in [3.8, 4) is 0 Å². The molecule has 1 aliphatic rings. The molecule has 1 heterocycles. The van der Waals surface area contributed by atoms with Crippen molar-refractivity contribution in [1.29, 1.82) is 5.41 Å². The van der Waals surface area contributed by atoms with Crippen LogP contribution in [0, 0.1) is 5.41 Å². The number of amides is 4. The largest absolute Gasteiger partial charge is 0.480 e. The molecule has 1 rings (SSSR count). The highest BCUT2D eigenvalue weighted by Gasteiger charge is 2.39. The molecular weight excluding hydrogens is 552 g/mol. The lowest BCUT2D eigenvalue weighted by Gasteiger charge is -2.31. The molecule has 0 aliphatic carbocycles. The fourth-order valence-electron chi connectivity index (χ4n) is 4.41. The van der Waals surface area contributed by atoms with Crippen LogP contribution in [-0.4, -0.2) is 106 Å². The van der Waals surface area contributed by atoms with Gasteiger partial charge in [0.15, 0.2) is 5.96 Å². The van der Waals surface area contributed by atoms with Gasteiger partial charge in [0, 0.05) is 13.1 Å². The van der Waals surface area contributed by atoms with Crippen molar-refractivity contribution in [2.75, 3.05) is 19.6 Å². The van der Waals surface area contributed by atoms with Gasteiger partial charge in [-0.3, -0.25) is 19.8 Å².